The Kier molecular flexibility index (Phi) is 10.4. The zero-order valence-corrected chi connectivity index (χ0v) is 17.5. The molecule has 1 saturated carbocycles. The average Bonchev–Trinajstić information content (AvgIpc) is 3.00. The summed E-state index contributed by atoms with van der Waals surface area (Å²) in [6, 6.07) is 10.1. The summed E-state index contributed by atoms with van der Waals surface area (Å²) in [5.74, 6) is -0.169. The van der Waals surface area contributed by atoms with Crippen molar-refractivity contribution in [3.8, 4) is 0 Å². The van der Waals surface area contributed by atoms with E-state index in [9.17, 15) is 20.1 Å². The highest BCUT2D eigenvalue weighted by Crippen LogP contribution is 2.38. The highest BCUT2D eigenvalue weighted by molar-refractivity contribution is 5.69. The van der Waals surface area contributed by atoms with Crippen LogP contribution in [-0.4, -0.2) is 46.7 Å². The topological polar surface area (TPSA) is 87.0 Å². The van der Waals surface area contributed by atoms with Gasteiger partial charge in [-0.15, -0.1) is 0 Å². The number of aliphatic hydroxyl groups excluding tert-OH is 3. The standard InChI is InChI=1S/C24H36O5/c1-29-24(28)12-8-3-2-7-11-20-21(23(27)17-22(20)26)16-15-19(25)14-13-18-9-5-4-6-10-18/h2,4-7,9-10,19-23,25-27H,3,8,11-17H2,1H3. The van der Waals surface area contributed by atoms with E-state index in [1.54, 1.807) is 0 Å². The number of carbonyl (C=O) groups excluding carboxylic acids is 1. The number of allylic oxidation sites excluding steroid dienone is 2. The van der Waals surface area contributed by atoms with Crippen LogP contribution in [0.25, 0.3) is 0 Å². The predicted octanol–water partition coefficient (Wildman–Crippen LogP) is 3.41. The third kappa shape index (κ3) is 8.29. The van der Waals surface area contributed by atoms with E-state index in [-0.39, 0.29) is 17.8 Å². The van der Waals surface area contributed by atoms with Crippen molar-refractivity contribution < 1.29 is 24.9 Å². The van der Waals surface area contributed by atoms with Crippen LogP contribution in [0.15, 0.2) is 42.5 Å². The Balaban J connectivity index is 1.73. The van der Waals surface area contributed by atoms with E-state index in [1.165, 1.54) is 12.7 Å². The Labute approximate surface area is 174 Å². The normalized spacial score (nSPS) is 25.4. The summed E-state index contributed by atoms with van der Waals surface area (Å²) in [7, 11) is 1.39. The molecule has 0 bridgehead atoms. The molecule has 1 aliphatic carbocycles. The van der Waals surface area contributed by atoms with Gasteiger partial charge in [-0.2, -0.15) is 0 Å². The molecule has 29 heavy (non-hydrogen) atoms. The van der Waals surface area contributed by atoms with Gasteiger partial charge in [0.25, 0.3) is 0 Å². The number of hydrogen-bond donors (Lipinski definition) is 3. The number of benzene rings is 1. The van der Waals surface area contributed by atoms with E-state index in [0.717, 1.165) is 25.7 Å². The highest BCUT2D eigenvalue weighted by Gasteiger charge is 2.40. The maximum atomic E-state index is 11.1. The van der Waals surface area contributed by atoms with Gasteiger partial charge in [0, 0.05) is 6.42 Å². The van der Waals surface area contributed by atoms with E-state index in [2.05, 4.69) is 16.9 Å². The van der Waals surface area contributed by atoms with Gasteiger partial charge in [0.15, 0.2) is 0 Å². The molecule has 1 aromatic rings. The van der Waals surface area contributed by atoms with Gasteiger partial charge >= 0.3 is 5.97 Å². The molecule has 1 aromatic carbocycles. The Morgan fingerprint density at radius 1 is 1.14 bits per heavy atom. The smallest absolute Gasteiger partial charge is 0.305 e. The molecule has 0 aromatic heterocycles. The fourth-order valence-corrected chi connectivity index (χ4v) is 4.25. The van der Waals surface area contributed by atoms with Crippen LogP contribution >= 0.6 is 0 Å². The van der Waals surface area contributed by atoms with Crippen LogP contribution in [0.3, 0.4) is 0 Å². The first-order valence-corrected chi connectivity index (χ1v) is 10.8. The largest absolute Gasteiger partial charge is 0.469 e. The number of rotatable bonds is 12. The van der Waals surface area contributed by atoms with Gasteiger partial charge in [-0.1, -0.05) is 42.5 Å². The summed E-state index contributed by atoms with van der Waals surface area (Å²) in [5.41, 5.74) is 1.22. The van der Waals surface area contributed by atoms with Gasteiger partial charge < -0.3 is 20.1 Å². The molecule has 0 radical (unpaired) electrons. The third-order valence-electron chi connectivity index (χ3n) is 6.02. The lowest BCUT2D eigenvalue weighted by molar-refractivity contribution is -0.140. The SMILES string of the molecule is COC(=O)CCCC=CCC1C(O)CC(O)C1CCC(O)CCc1ccccc1. The van der Waals surface area contributed by atoms with Crippen molar-refractivity contribution in [2.45, 2.75) is 76.1 Å². The van der Waals surface area contributed by atoms with Crippen molar-refractivity contribution in [1.82, 2.24) is 0 Å². The van der Waals surface area contributed by atoms with Crippen molar-refractivity contribution in [2.75, 3.05) is 7.11 Å². The summed E-state index contributed by atoms with van der Waals surface area (Å²) in [5, 5.41) is 31.1. The van der Waals surface area contributed by atoms with Crippen LogP contribution in [-0.2, 0) is 16.0 Å². The molecule has 0 aliphatic heterocycles. The molecular weight excluding hydrogens is 368 g/mol. The lowest BCUT2D eigenvalue weighted by Crippen LogP contribution is -2.23. The van der Waals surface area contributed by atoms with Crippen LogP contribution in [0.1, 0.15) is 56.9 Å². The highest BCUT2D eigenvalue weighted by atomic mass is 16.5. The molecule has 3 N–H and O–H groups in total. The minimum absolute atomic E-state index is 0.0103. The van der Waals surface area contributed by atoms with Gasteiger partial charge in [-0.3, -0.25) is 4.79 Å². The van der Waals surface area contributed by atoms with E-state index in [1.807, 2.05) is 30.4 Å². The van der Waals surface area contributed by atoms with Crippen LogP contribution in [0.2, 0.25) is 0 Å². The van der Waals surface area contributed by atoms with Crippen LogP contribution in [0.5, 0.6) is 0 Å². The zero-order chi connectivity index (χ0) is 21.1. The molecule has 162 valence electrons. The third-order valence-corrected chi connectivity index (χ3v) is 6.02. The summed E-state index contributed by atoms with van der Waals surface area (Å²) in [6.45, 7) is 0. The number of aryl methyl sites for hydroxylation is 1. The van der Waals surface area contributed by atoms with E-state index >= 15 is 0 Å². The molecule has 5 heteroatoms. The second kappa shape index (κ2) is 12.8. The fraction of sp³-hybridized carbons (Fsp3) is 0.625. The van der Waals surface area contributed by atoms with Gasteiger partial charge in [-0.25, -0.2) is 0 Å². The molecule has 0 amide bonds. The molecule has 5 nitrogen and oxygen atoms in total. The fourth-order valence-electron chi connectivity index (χ4n) is 4.25. The van der Waals surface area contributed by atoms with Crippen molar-refractivity contribution in [3.63, 3.8) is 0 Å². The lowest BCUT2D eigenvalue weighted by Gasteiger charge is -2.23. The quantitative estimate of drug-likeness (QED) is 0.282. The number of carbonyl (C=O) groups is 1. The second-order valence-electron chi connectivity index (χ2n) is 8.13. The van der Waals surface area contributed by atoms with Crippen molar-refractivity contribution in [1.29, 1.82) is 0 Å². The molecule has 1 fully saturated rings. The molecule has 1 aliphatic rings. The first-order valence-electron chi connectivity index (χ1n) is 10.8. The Hall–Kier alpha value is -1.69. The van der Waals surface area contributed by atoms with Crippen LogP contribution < -0.4 is 0 Å². The average molecular weight is 405 g/mol. The number of aliphatic hydroxyl groups is 3. The number of unbranched alkanes of at least 4 members (excludes halogenated alkanes) is 1. The van der Waals surface area contributed by atoms with E-state index in [4.69, 9.17) is 0 Å². The van der Waals surface area contributed by atoms with Gasteiger partial charge in [-0.05, 0) is 68.8 Å². The predicted molar refractivity (Wildman–Crippen MR) is 113 cm³/mol. The summed E-state index contributed by atoms with van der Waals surface area (Å²) >= 11 is 0. The molecular formula is C24H36O5. The molecule has 2 rings (SSSR count). The number of methoxy groups -OCH3 is 1. The summed E-state index contributed by atoms with van der Waals surface area (Å²) in [6.07, 6.45) is 8.65. The second-order valence-corrected chi connectivity index (χ2v) is 8.13. The Bertz CT molecular complexity index is 615. The summed E-state index contributed by atoms with van der Waals surface area (Å²) in [4.78, 5) is 11.1. The number of ether oxygens (including phenoxy) is 1. The minimum atomic E-state index is -0.510. The Morgan fingerprint density at radius 3 is 2.59 bits per heavy atom. The van der Waals surface area contributed by atoms with Crippen LogP contribution in [0, 0.1) is 11.8 Å². The van der Waals surface area contributed by atoms with Crippen molar-refractivity contribution in [2.24, 2.45) is 11.8 Å². The zero-order valence-electron chi connectivity index (χ0n) is 17.5. The summed E-state index contributed by atoms with van der Waals surface area (Å²) < 4.78 is 4.62. The van der Waals surface area contributed by atoms with Crippen LogP contribution in [0.4, 0.5) is 0 Å². The number of esters is 1. The molecule has 5 atom stereocenters. The first-order chi connectivity index (χ1) is 14.0. The maximum Gasteiger partial charge on any atom is 0.305 e. The monoisotopic (exact) mass is 404 g/mol. The van der Waals surface area contributed by atoms with Crippen molar-refractivity contribution >= 4 is 5.97 Å². The minimum Gasteiger partial charge on any atom is -0.469 e. The Morgan fingerprint density at radius 2 is 1.86 bits per heavy atom. The van der Waals surface area contributed by atoms with Crippen molar-refractivity contribution in [3.05, 3.63) is 48.0 Å². The van der Waals surface area contributed by atoms with Gasteiger partial charge in [0.05, 0.1) is 25.4 Å². The maximum absolute atomic E-state index is 11.1. The van der Waals surface area contributed by atoms with Gasteiger partial charge in [0.1, 0.15) is 0 Å². The molecule has 5 unspecified atom stereocenters. The lowest BCUT2D eigenvalue weighted by atomic mass is 9.85. The van der Waals surface area contributed by atoms with Gasteiger partial charge in [0.2, 0.25) is 0 Å². The molecule has 0 saturated heterocycles. The first kappa shape index (κ1) is 23.6. The molecule has 0 spiro atoms. The molecule has 0 heterocycles. The van der Waals surface area contributed by atoms with E-state index in [0.29, 0.717) is 32.1 Å². The number of hydrogen-bond acceptors (Lipinski definition) is 5. The van der Waals surface area contributed by atoms with E-state index < -0.39 is 18.3 Å².